The summed E-state index contributed by atoms with van der Waals surface area (Å²) in [7, 11) is 0. The Balaban J connectivity index is 1.71. The number of hydrogen-bond acceptors (Lipinski definition) is 3. The first-order valence-corrected chi connectivity index (χ1v) is 8.22. The monoisotopic (exact) mass is 343 g/mol. The van der Waals surface area contributed by atoms with E-state index in [0.29, 0.717) is 6.54 Å². The van der Waals surface area contributed by atoms with Gasteiger partial charge in [0.1, 0.15) is 5.82 Å². The lowest BCUT2D eigenvalue weighted by Crippen LogP contribution is -2.43. The molecule has 5 nitrogen and oxygen atoms in total. The molecule has 1 unspecified atom stereocenters. The molecule has 23 heavy (non-hydrogen) atoms. The van der Waals surface area contributed by atoms with Crippen LogP contribution in [0, 0.1) is 11.7 Å². The Labute approximate surface area is 140 Å². The van der Waals surface area contributed by atoms with Gasteiger partial charge in [-0.3, -0.25) is 0 Å². The minimum atomic E-state index is -0.649. The number of carbonyl (C=O) groups excluding carboxylic acids is 1. The van der Waals surface area contributed by atoms with Crippen LogP contribution in [-0.2, 0) is 0 Å². The lowest BCUT2D eigenvalue weighted by molar-refractivity contribution is 0.0924. The maximum Gasteiger partial charge on any atom is 0.319 e. The standard InChI is InChI=1S/C16H23ClFN3O2/c1-11-4-6-21(7-5-11)10-13(22)9-19-16(23)20-15-3-2-12(17)8-14(15)18/h2-3,8,11,13,22H,4-7,9-10H2,1H3,(H2,19,20,23). The van der Waals surface area contributed by atoms with Crippen LogP contribution in [0.15, 0.2) is 18.2 Å². The van der Waals surface area contributed by atoms with Gasteiger partial charge in [0.15, 0.2) is 0 Å². The molecule has 0 saturated carbocycles. The van der Waals surface area contributed by atoms with E-state index in [1.807, 2.05) is 0 Å². The minimum Gasteiger partial charge on any atom is -0.390 e. The molecule has 1 heterocycles. The van der Waals surface area contributed by atoms with Gasteiger partial charge in [0.05, 0.1) is 11.8 Å². The third-order valence-electron chi connectivity index (χ3n) is 4.02. The number of piperidine rings is 1. The summed E-state index contributed by atoms with van der Waals surface area (Å²) in [4.78, 5) is 13.9. The molecule has 0 spiro atoms. The summed E-state index contributed by atoms with van der Waals surface area (Å²) in [5, 5.41) is 15.2. The van der Waals surface area contributed by atoms with Crippen LogP contribution in [0.1, 0.15) is 19.8 Å². The Bertz CT molecular complexity index is 536. The van der Waals surface area contributed by atoms with Crippen molar-refractivity contribution in [3.8, 4) is 0 Å². The first-order valence-electron chi connectivity index (χ1n) is 7.84. The van der Waals surface area contributed by atoms with Crippen LogP contribution in [0.2, 0.25) is 5.02 Å². The lowest BCUT2D eigenvalue weighted by Gasteiger charge is -2.31. The van der Waals surface area contributed by atoms with Gasteiger partial charge in [-0.15, -0.1) is 0 Å². The number of urea groups is 1. The van der Waals surface area contributed by atoms with Crippen molar-refractivity contribution >= 4 is 23.3 Å². The van der Waals surface area contributed by atoms with E-state index in [-0.39, 0.29) is 17.3 Å². The maximum atomic E-state index is 13.6. The summed E-state index contributed by atoms with van der Waals surface area (Å²) in [6, 6.07) is 3.45. The number of anilines is 1. The molecule has 1 fully saturated rings. The molecule has 0 aromatic heterocycles. The van der Waals surface area contributed by atoms with Gasteiger partial charge in [0.25, 0.3) is 0 Å². The number of amides is 2. The SMILES string of the molecule is CC1CCN(CC(O)CNC(=O)Nc2ccc(Cl)cc2F)CC1. The van der Waals surface area contributed by atoms with Gasteiger partial charge >= 0.3 is 6.03 Å². The molecule has 1 atom stereocenters. The van der Waals surface area contributed by atoms with Gasteiger partial charge < -0.3 is 20.6 Å². The van der Waals surface area contributed by atoms with E-state index in [9.17, 15) is 14.3 Å². The van der Waals surface area contributed by atoms with Gasteiger partial charge in [-0.2, -0.15) is 0 Å². The fourth-order valence-corrected chi connectivity index (χ4v) is 2.73. The quantitative estimate of drug-likeness (QED) is 0.770. The van der Waals surface area contributed by atoms with Crippen molar-refractivity contribution < 1.29 is 14.3 Å². The molecule has 7 heteroatoms. The highest BCUT2D eigenvalue weighted by atomic mass is 35.5. The molecule has 0 bridgehead atoms. The predicted octanol–water partition coefficient (Wildman–Crippen LogP) is 2.69. The summed E-state index contributed by atoms with van der Waals surface area (Å²) >= 11 is 5.65. The average Bonchev–Trinajstić information content (AvgIpc) is 2.50. The number of likely N-dealkylation sites (tertiary alicyclic amines) is 1. The van der Waals surface area contributed by atoms with Gasteiger partial charge in [0, 0.05) is 18.1 Å². The fraction of sp³-hybridized carbons (Fsp3) is 0.562. The van der Waals surface area contributed by atoms with Crippen LogP contribution < -0.4 is 10.6 Å². The zero-order valence-corrected chi connectivity index (χ0v) is 13.9. The second-order valence-electron chi connectivity index (χ2n) is 6.10. The van der Waals surface area contributed by atoms with Crippen molar-refractivity contribution in [2.75, 3.05) is 31.5 Å². The summed E-state index contributed by atoms with van der Waals surface area (Å²) in [6.45, 7) is 4.83. The van der Waals surface area contributed by atoms with E-state index in [2.05, 4.69) is 22.5 Å². The smallest absolute Gasteiger partial charge is 0.319 e. The van der Waals surface area contributed by atoms with Gasteiger partial charge in [-0.05, 0) is 50.0 Å². The molecule has 0 aliphatic carbocycles. The largest absolute Gasteiger partial charge is 0.390 e. The van der Waals surface area contributed by atoms with Crippen LogP contribution in [0.5, 0.6) is 0 Å². The molecule has 1 aromatic carbocycles. The maximum absolute atomic E-state index is 13.6. The Morgan fingerprint density at radius 3 is 2.83 bits per heavy atom. The highest BCUT2D eigenvalue weighted by molar-refractivity contribution is 6.30. The zero-order chi connectivity index (χ0) is 16.8. The number of nitrogens with one attached hydrogen (secondary N) is 2. The third kappa shape index (κ3) is 5.97. The number of benzene rings is 1. The third-order valence-corrected chi connectivity index (χ3v) is 4.26. The number of rotatable bonds is 5. The van der Waals surface area contributed by atoms with Gasteiger partial charge in [-0.25, -0.2) is 9.18 Å². The van der Waals surface area contributed by atoms with E-state index in [4.69, 9.17) is 11.6 Å². The average molecular weight is 344 g/mol. The minimum absolute atomic E-state index is 0.0476. The molecule has 1 aliphatic heterocycles. The molecule has 2 amide bonds. The molecule has 1 saturated heterocycles. The fourth-order valence-electron chi connectivity index (χ4n) is 2.58. The number of nitrogens with zero attached hydrogens (tertiary/aromatic N) is 1. The Hall–Kier alpha value is -1.37. The normalized spacial score (nSPS) is 17.7. The summed E-state index contributed by atoms with van der Waals surface area (Å²) in [5.74, 6) is 0.136. The topological polar surface area (TPSA) is 64.6 Å². The summed E-state index contributed by atoms with van der Waals surface area (Å²) in [6.07, 6.45) is 1.62. The molecule has 0 radical (unpaired) electrons. The number of hydrogen-bond donors (Lipinski definition) is 3. The highest BCUT2D eigenvalue weighted by Gasteiger charge is 2.18. The number of carbonyl (C=O) groups is 1. The van der Waals surface area contributed by atoms with Crippen molar-refractivity contribution in [3.63, 3.8) is 0 Å². The Kier molecular flexibility index (Phi) is 6.62. The van der Waals surface area contributed by atoms with Crippen LogP contribution in [0.3, 0.4) is 0 Å². The van der Waals surface area contributed by atoms with Crippen LogP contribution in [-0.4, -0.2) is 48.3 Å². The molecule has 1 aromatic rings. The second kappa shape index (κ2) is 8.47. The van der Waals surface area contributed by atoms with E-state index in [1.54, 1.807) is 0 Å². The van der Waals surface area contributed by atoms with Crippen LogP contribution >= 0.6 is 11.6 Å². The molecule has 1 aliphatic rings. The van der Waals surface area contributed by atoms with Crippen LogP contribution in [0.25, 0.3) is 0 Å². The molecule has 2 rings (SSSR count). The van der Waals surface area contributed by atoms with E-state index >= 15 is 0 Å². The van der Waals surface area contributed by atoms with E-state index in [0.717, 1.165) is 37.9 Å². The first-order chi connectivity index (χ1) is 10.9. The first kappa shape index (κ1) is 18.0. The van der Waals surface area contributed by atoms with Gasteiger partial charge in [0.2, 0.25) is 0 Å². The van der Waals surface area contributed by atoms with Crippen molar-refractivity contribution in [2.24, 2.45) is 5.92 Å². The van der Waals surface area contributed by atoms with Crippen molar-refractivity contribution in [2.45, 2.75) is 25.9 Å². The molecular formula is C16H23ClFN3O2. The Morgan fingerprint density at radius 2 is 2.17 bits per heavy atom. The Morgan fingerprint density at radius 1 is 1.48 bits per heavy atom. The second-order valence-corrected chi connectivity index (χ2v) is 6.53. The zero-order valence-electron chi connectivity index (χ0n) is 13.2. The van der Waals surface area contributed by atoms with Crippen molar-refractivity contribution in [3.05, 3.63) is 29.0 Å². The summed E-state index contributed by atoms with van der Waals surface area (Å²) in [5.41, 5.74) is 0.0476. The highest BCUT2D eigenvalue weighted by Crippen LogP contribution is 2.18. The number of aliphatic hydroxyl groups is 1. The predicted molar refractivity (Wildman–Crippen MR) is 89.3 cm³/mol. The molecular weight excluding hydrogens is 321 g/mol. The number of β-amino-alcohol motifs (C(OH)–C–C–N with tert-alkyl or cyclic N) is 1. The van der Waals surface area contributed by atoms with Gasteiger partial charge in [-0.1, -0.05) is 18.5 Å². The van der Waals surface area contributed by atoms with Crippen molar-refractivity contribution in [1.29, 1.82) is 0 Å². The lowest BCUT2D eigenvalue weighted by atomic mass is 9.99. The molecule has 128 valence electrons. The summed E-state index contributed by atoms with van der Waals surface area (Å²) < 4.78 is 13.6. The van der Waals surface area contributed by atoms with Crippen molar-refractivity contribution in [1.82, 2.24) is 10.2 Å². The van der Waals surface area contributed by atoms with Crippen LogP contribution in [0.4, 0.5) is 14.9 Å². The number of halogens is 2. The molecule has 3 N–H and O–H groups in total. The van der Waals surface area contributed by atoms with E-state index < -0.39 is 18.0 Å². The van der Waals surface area contributed by atoms with E-state index in [1.165, 1.54) is 12.1 Å². The number of aliphatic hydroxyl groups excluding tert-OH is 1.